The van der Waals surface area contributed by atoms with Crippen molar-refractivity contribution in [1.29, 1.82) is 0 Å². The van der Waals surface area contributed by atoms with E-state index in [-0.39, 0.29) is 30.6 Å². The predicted octanol–water partition coefficient (Wildman–Crippen LogP) is 3.28. The molecule has 0 aromatic heterocycles. The molecule has 3 N–H and O–H groups in total. The summed E-state index contributed by atoms with van der Waals surface area (Å²) in [5.41, 5.74) is 3.39. The van der Waals surface area contributed by atoms with E-state index in [2.05, 4.69) is 16.0 Å². The maximum Gasteiger partial charge on any atom is 0.232 e. The number of rotatable bonds is 5. The van der Waals surface area contributed by atoms with Gasteiger partial charge in [-0.2, -0.15) is 0 Å². The van der Waals surface area contributed by atoms with Gasteiger partial charge in [-0.15, -0.1) is 12.4 Å². The second-order valence-corrected chi connectivity index (χ2v) is 5.82. The Morgan fingerprint density at radius 3 is 2.68 bits per heavy atom. The lowest BCUT2D eigenvalue weighted by Crippen LogP contribution is -2.31. The highest BCUT2D eigenvalue weighted by Crippen LogP contribution is 2.33. The number of hydrogen-bond acceptors (Lipinski definition) is 3. The Kier molecular flexibility index (Phi) is 6.56. The van der Waals surface area contributed by atoms with Gasteiger partial charge in [0, 0.05) is 24.3 Å². The highest BCUT2D eigenvalue weighted by molar-refractivity contribution is 6.05. The number of amides is 2. The van der Waals surface area contributed by atoms with E-state index in [1.54, 1.807) is 0 Å². The van der Waals surface area contributed by atoms with Gasteiger partial charge in [-0.1, -0.05) is 43.3 Å². The van der Waals surface area contributed by atoms with Crippen molar-refractivity contribution in [3.05, 3.63) is 59.7 Å². The summed E-state index contributed by atoms with van der Waals surface area (Å²) in [4.78, 5) is 24.7. The molecule has 132 valence electrons. The van der Waals surface area contributed by atoms with Gasteiger partial charge in [0.1, 0.15) is 0 Å². The monoisotopic (exact) mass is 359 g/mol. The van der Waals surface area contributed by atoms with Gasteiger partial charge in [0.25, 0.3) is 0 Å². The van der Waals surface area contributed by atoms with Crippen LogP contribution >= 0.6 is 12.4 Å². The third kappa shape index (κ3) is 4.38. The van der Waals surface area contributed by atoms with Crippen LogP contribution in [0.1, 0.15) is 30.4 Å². The lowest BCUT2D eigenvalue weighted by atomic mass is 9.89. The van der Waals surface area contributed by atoms with Crippen LogP contribution in [0.2, 0.25) is 0 Å². The number of benzene rings is 2. The molecule has 0 aliphatic carbocycles. The van der Waals surface area contributed by atoms with Crippen LogP contribution < -0.4 is 16.0 Å². The number of halogens is 1. The molecule has 1 aliphatic rings. The topological polar surface area (TPSA) is 70.2 Å². The predicted molar refractivity (Wildman–Crippen MR) is 102 cm³/mol. The first-order valence-corrected chi connectivity index (χ1v) is 8.17. The molecule has 3 rings (SSSR count). The van der Waals surface area contributed by atoms with Gasteiger partial charge in [-0.05, 0) is 29.8 Å². The quantitative estimate of drug-likeness (QED) is 0.767. The standard InChI is InChI=1S/C19H21N3O2.ClH/c1-2-20-12-13-7-3-5-9-16(13)22-19(24)15-11-18(23)21-17-10-6-4-8-14(15)17;/h3-10,15,20H,2,11-12H2,1H3,(H,21,23)(H,22,24);1H. The zero-order valence-electron chi connectivity index (χ0n) is 14.0. The molecule has 0 spiro atoms. The molecule has 25 heavy (non-hydrogen) atoms. The third-order valence-electron chi connectivity index (χ3n) is 4.16. The normalized spacial score (nSPS) is 15.6. The van der Waals surface area contributed by atoms with Gasteiger partial charge in [0.15, 0.2) is 0 Å². The van der Waals surface area contributed by atoms with Crippen molar-refractivity contribution in [3.8, 4) is 0 Å². The first kappa shape index (κ1) is 19.0. The SMILES string of the molecule is CCNCc1ccccc1NC(=O)C1CC(=O)Nc2ccccc21.Cl. The van der Waals surface area contributed by atoms with Crippen molar-refractivity contribution < 1.29 is 9.59 Å². The summed E-state index contributed by atoms with van der Waals surface area (Å²) in [6.45, 7) is 3.59. The van der Waals surface area contributed by atoms with Gasteiger partial charge >= 0.3 is 0 Å². The zero-order valence-corrected chi connectivity index (χ0v) is 14.9. The Morgan fingerprint density at radius 2 is 1.88 bits per heavy atom. The third-order valence-corrected chi connectivity index (χ3v) is 4.16. The molecule has 2 aromatic rings. The van der Waals surface area contributed by atoms with E-state index in [1.807, 2.05) is 55.5 Å². The second kappa shape index (κ2) is 8.65. The van der Waals surface area contributed by atoms with Crippen molar-refractivity contribution in [3.63, 3.8) is 0 Å². The van der Waals surface area contributed by atoms with Crippen LogP contribution in [0.25, 0.3) is 0 Å². The van der Waals surface area contributed by atoms with E-state index in [4.69, 9.17) is 0 Å². The van der Waals surface area contributed by atoms with Gasteiger partial charge in [-0.25, -0.2) is 0 Å². The average molecular weight is 360 g/mol. The van der Waals surface area contributed by atoms with Crippen molar-refractivity contribution in [2.75, 3.05) is 17.2 Å². The molecule has 0 saturated carbocycles. The summed E-state index contributed by atoms with van der Waals surface area (Å²) in [6, 6.07) is 15.2. The molecule has 2 aromatic carbocycles. The van der Waals surface area contributed by atoms with Crippen LogP contribution in [-0.2, 0) is 16.1 Å². The lowest BCUT2D eigenvalue weighted by molar-refractivity contribution is -0.123. The molecule has 1 atom stereocenters. The summed E-state index contributed by atoms with van der Waals surface area (Å²) < 4.78 is 0. The van der Waals surface area contributed by atoms with Crippen molar-refractivity contribution in [2.24, 2.45) is 0 Å². The van der Waals surface area contributed by atoms with Crippen molar-refractivity contribution in [2.45, 2.75) is 25.8 Å². The number of nitrogens with one attached hydrogen (secondary N) is 3. The largest absolute Gasteiger partial charge is 0.326 e. The maximum absolute atomic E-state index is 12.8. The van der Waals surface area contributed by atoms with Crippen LogP contribution in [0.5, 0.6) is 0 Å². The van der Waals surface area contributed by atoms with E-state index in [1.165, 1.54) is 0 Å². The summed E-state index contributed by atoms with van der Waals surface area (Å²) in [5.74, 6) is -0.752. The molecule has 2 amide bonds. The minimum absolute atomic E-state index is 0. The minimum atomic E-state index is -0.470. The summed E-state index contributed by atoms with van der Waals surface area (Å²) in [6.07, 6.45) is 0.165. The molecule has 0 fully saturated rings. The number of carbonyl (C=O) groups is 2. The maximum atomic E-state index is 12.8. The van der Waals surface area contributed by atoms with Crippen molar-refractivity contribution in [1.82, 2.24) is 5.32 Å². The van der Waals surface area contributed by atoms with Gasteiger partial charge in [0.05, 0.1) is 5.92 Å². The lowest BCUT2D eigenvalue weighted by Gasteiger charge is -2.25. The molecular weight excluding hydrogens is 338 g/mol. The molecule has 1 aliphatic heterocycles. The van der Waals surface area contributed by atoms with Gasteiger partial charge in [0.2, 0.25) is 11.8 Å². The van der Waals surface area contributed by atoms with Gasteiger partial charge < -0.3 is 16.0 Å². The Morgan fingerprint density at radius 1 is 1.16 bits per heavy atom. The fraction of sp³-hybridized carbons (Fsp3) is 0.263. The van der Waals surface area contributed by atoms with E-state index in [0.29, 0.717) is 6.54 Å². The smallest absolute Gasteiger partial charge is 0.232 e. The Bertz CT molecular complexity index is 764. The molecule has 0 saturated heterocycles. The van der Waals surface area contributed by atoms with E-state index < -0.39 is 5.92 Å². The summed E-state index contributed by atoms with van der Waals surface area (Å²) in [7, 11) is 0. The molecular formula is C19H22ClN3O2. The molecule has 5 nitrogen and oxygen atoms in total. The Balaban J connectivity index is 0.00000225. The summed E-state index contributed by atoms with van der Waals surface area (Å²) in [5, 5.41) is 9.08. The average Bonchev–Trinajstić information content (AvgIpc) is 2.60. The molecule has 6 heteroatoms. The highest BCUT2D eigenvalue weighted by Gasteiger charge is 2.30. The molecule has 0 bridgehead atoms. The van der Waals surface area contributed by atoms with E-state index in [9.17, 15) is 9.59 Å². The number of anilines is 2. The Hall–Kier alpha value is -2.37. The van der Waals surface area contributed by atoms with Crippen LogP contribution in [0, 0.1) is 0 Å². The molecule has 1 unspecified atom stereocenters. The minimum Gasteiger partial charge on any atom is -0.326 e. The van der Waals surface area contributed by atoms with Crippen molar-refractivity contribution >= 4 is 35.6 Å². The molecule has 0 radical (unpaired) electrons. The first-order chi connectivity index (χ1) is 11.7. The fourth-order valence-corrected chi connectivity index (χ4v) is 2.92. The van der Waals surface area contributed by atoms with Crippen LogP contribution in [0.15, 0.2) is 48.5 Å². The number of fused-ring (bicyclic) bond motifs is 1. The number of para-hydroxylation sites is 2. The van der Waals surface area contributed by atoms with Gasteiger partial charge in [-0.3, -0.25) is 9.59 Å². The van der Waals surface area contributed by atoms with Crippen LogP contribution in [0.3, 0.4) is 0 Å². The zero-order chi connectivity index (χ0) is 16.9. The first-order valence-electron chi connectivity index (χ1n) is 8.17. The second-order valence-electron chi connectivity index (χ2n) is 5.82. The van der Waals surface area contributed by atoms with E-state index in [0.717, 1.165) is 29.0 Å². The summed E-state index contributed by atoms with van der Waals surface area (Å²) >= 11 is 0. The number of carbonyl (C=O) groups excluding carboxylic acids is 2. The van der Waals surface area contributed by atoms with E-state index >= 15 is 0 Å². The molecule has 1 heterocycles. The van der Waals surface area contributed by atoms with Crippen LogP contribution in [0.4, 0.5) is 11.4 Å². The van der Waals surface area contributed by atoms with Crippen LogP contribution in [-0.4, -0.2) is 18.4 Å². The highest BCUT2D eigenvalue weighted by atomic mass is 35.5. The number of hydrogen-bond donors (Lipinski definition) is 3. The fourth-order valence-electron chi connectivity index (χ4n) is 2.92. The Labute approximate surface area is 153 Å².